The average Bonchev–Trinajstić information content (AvgIpc) is 2.55. The summed E-state index contributed by atoms with van der Waals surface area (Å²) in [6.45, 7) is 0. The van der Waals surface area contributed by atoms with E-state index in [0.29, 0.717) is 0 Å². The number of benzene rings is 3. The Hall–Kier alpha value is -2.67. The first-order valence-electron chi connectivity index (χ1n) is 7.29. The largest absolute Gasteiger partial charge is 0.255 e. The molecular formula is C20H13N. The second-order valence-electron chi connectivity index (χ2n) is 5.67. The number of aromatic nitrogens is 1. The maximum Gasteiger partial charge on any atom is 0.0750 e. The average molecular weight is 267 g/mol. The monoisotopic (exact) mass is 267 g/mol. The van der Waals surface area contributed by atoms with E-state index >= 15 is 0 Å². The zero-order valence-electron chi connectivity index (χ0n) is 11.5. The summed E-state index contributed by atoms with van der Waals surface area (Å²) in [5.74, 6) is 0. The molecule has 1 aliphatic carbocycles. The standard InChI is InChI=1S/C20H13N/c1-2-9-16-15(5-1)12-21-20-17-10-4-7-13-6-3-8-14(19(13)17)11-18(16)20/h1-10,12H,11H2. The SMILES string of the molecule is c1ccc2c3c(ncc2c1)-c1cccc2cccc(c12)C3. The van der Waals surface area contributed by atoms with Gasteiger partial charge in [-0.25, -0.2) is 0 Å². The topological polar surface area (TPSA) is 12.9 Å². The first-order valence-corrected chi connectivity index (χ1v) is 7.29. The highest BCUT2D eigenvalue weighted by molar-refractivity contribution is 6.04. The van der Waals surface area contributed by atoms with Gasteiger partial charge in [-0.2, -0.15) is 0 Å². The van der Waals surface area contributed by atoms with Crippen molar-refractivity contribution in [2.24, 2.45) is 0 Å². The first-order chi connectivity index (χ1) is 10.4. The third kappa shape index (κ3) is 1.43. The summed E-state index contributed by atoms with van der Waals surface area (Å²) in [6.07, 6.45) is 2.97. The fourth-order valence-electron chi connectivity index (χ4n) is 3.59. The van der Waals surface area contributed by atoms with Crippen molar-refractivity contribution in [3.63, 3.8) is 0 Å². The minimum atomic E-state index is 0.970. The van der Waals surface area contributed by atoms with Gasteiger partial charge in [-0.05, 0) is 27.3 Å². The minimum absolute atomic E-state index is 0.970. The highest BCUT2D eigenvalue weighted by atomic mass is 14.7. The Kier molecular flexibility index (Phi) is 2.06. The van der Waals surface area contributed by atoms with Crippen LogP contribution in [0.3, 0.4) is 0 Å². The highest BCUT2D eigenvalue weighted by Crippen LogP contribution is 2.40. The van der Waals surface area contributed by atoms with Crippen LogP contribution in [0.25, 0.3) is 32.8 Å². The van der Waals surface area contributed by atoms with Gasteiger partial charge in [-0.1, -0.05) is 60.7 Å². The van der Waals surface area contributed by atoms with Crippen molar-refractivity contribution in [3.8, 4) is 11.3 Å². The number of fused-ring (bicyclic) bond motifs is 4. The van der Waals surface area contributed by atoms with Crippen molar-refractivity contribution < 1.29 is 0 Å². The normalized spacial score (nSPS) is 12.6. The molecule has 21 heavy (non-hydrogen) atoms. The van der Waals surface area contributed by atoms with E-state index < -0.39 is 0 Å². The maximum absolute atomic E-state index is 4.77. The Morgan fingerprint density at radius 1 is 0.762 bits per heavy atom. The molecule has 1 heteroatoms. The van der Waals surface area contributed by atoms with Gasteiger partial charge < -0.3 is 0 Å². The van der Waals surface area contributed by atoms with E-state index in [1.807, 2.05) is 6.20 Å². The summed E-state index contributed by atoms with van der Waals surface area (Å²) in [4.78, 5) is 4.77. The summed E-state index contributed by atoms with van der Waals surface area (Å²) < 4.78 is 0. The quantitative estimate of drug-likeness (QED) is 0.386. The molecule has 1 aromatic heterocycles. The predicted molar refractivity (Wildman–Crippen MR) is 87.5 cm³/mol. The molecule has 0 fully saturated rings. The second kappa shape index (κ2) is 3.92. The van der Waals surface area contributed by atoms with Crippen LogP contribution in [0.15, 0.2) is 66.9 Å². The molecule has 0 radical (unpaired) electrons. The van der Waals surface area contributed by atoms with Crippen molar-refractivity contribution in [1.82, 2.24) is 4.98 Å². The van der Waals surface area contributed by atoms with Crippen molar-refractivity contribution in [2.45, 2.75) is 6.42 Å². The third-order valence-electron chi connectivity index (χ3n) is 4.52. The Balaban J connectivity index is 1.98. The first kappa shape index (κ1) is 11.0. The Morgan fingerprint density at radius 3 is 2.52 bits per heavy atom. The van der Waals surface area contributed by atoms with Crippen LogP contribution in [-0.2, 0) is 6.42 Å². The van der Waals surface area contributed by atoms with E-state index in [-0.39, 0.29) is 0 Å². The number of pyridine rings is 1. The zero-order valence-corrected chi connectivity index (χ0v) is 11.5. The summed E-state index contributed by atoms with van der Waals surface area (Å²) in [6, 6.07) is 21.7. The maximum atomic E-state index is 4.77. The van der Waals surface area contributed by atoms with Crippen LogP contribution < -0.4 is 0 Å². The van der Waals surface area contributed by atoms with Crippen molar-refractivity contribution >= 4 is 21.5 Å². The van der Waals surface area contributed by atoms with Crippen LogP contribution in [0.5, 0.6) is 0 Å². The van der Waals surface area contributed by atoms with E-state index in [1.54, 1.807) is 0 Å². The summed E-state index contributed by atoms with van der Waals surface area (Å²) in [5.41, 5.74) is 5.20. The zero-order chi connectivity index (χ0) is 13.8. The molecule has 1 nitrogen and oxygen atoms in total. The predicted octanol–water partition coefficient (Wildman–Crippen LogP) is 4.96. The van der Waals surface area contributed by atoms with Gasteiger partial charge in [0.05, 0.1) is 5.69 Å². The minimum Gasteiger partial charge on any atom is -0.255 e. The van der Waals surface area contributed by atoms with Crippen LogP contribution in [-0.4, -0.2) is 4.98 Å². The lowest BCUT2D eigenvalue weighted by Gasteiger charge is -2.21. The van der Waals surface area contributed by atoms with Crippen molar-refractivity contribution in [2.75, 3.05) is 0 Å². The molecule has 0 aliphatic heterocycles. The van der Waals surface area contributed by atoms with Gasteiger partial charge in [-0.15, -0.1) is 0 Å². The molecule has 0 spiro atoms. The van der Waals surface area contributed by atoms with E-state index in [9.17, 15) is 0 Å². The van der Waals surface area contributed by atoms with E-state index in [4.69, 9.17) is 4.98 Å². The Morgan fingerprint density at radius 2 is 1.57 bits per heavy atom. The third-order valence-corrected chi connectivity index (χ3v) is 4.52. The van der Waals surface area contributed by atoms with Gasteiger partial charge in [-0.3, -0.25) is 4.98 Å². The number of hydrogen-bond donors (Lipinski definition) is 0. The van der Waals surface area contributed by atoms with Gasteiger partial charge in [0.1, 0.15) is 0 Å². The molecular weight excluding hydrogens is 254 g/mol. The molecule has 0 saturated heterocycles. The molecule has 4 aromatic rings. The molecule has 0 amide bonds. The fraction of sp³-hybridized carbons (Fsp3) is 0.0500. The molecule has 98 valence electrons. The molecule has 3 aromatic carbocycles. The molecule has 1 heterocycles. The van der Waals surface area contributed by atoms with Gasteiger partial charge in [0.25, 0.3) is 0 Å². The molecule has 0 bridgehead atoms. The van der Waals surface area contributed by atoms with Gasteiger partial charge in [0.15, 0.2) is 0 Å². The number of nitrogens with zero attached hydrogens (tertiary/aromatic N) is 1. The van der Waals surface area contributed by atoms with E-state index in [0.717, 1.165) is 12.1 Å². The fourth-order valence-corrected chi connectivity index (χ4v) is 3.59. The summed E-state index contributed by atoms with van der Waals surface area (Å²) >= 11 is 0. The molecule has 1 aliphatic rings. The van der Waals surface area contributed by atoms with Crippen LogP contribution in [0, 0.1) is 0 Å². The van der Waals surface area contributed by atoms with Crippen LogP contribution in [0.4, 0.5) is 0 Å². The van der Waals surface area contributed by atoms with Crippen molar-refractivity contribution in [1.29, 1.82) is 0 Å². The summed E-state index contributed by atoms with van der Waals surface area (Å²) in [7, 11) is 0. The molecule has 0 atom stereocenters. The van der Waals surface area contributed by atoms with Crippen LogP contribution >= 0.6 is 0 Å². The van der Waals surface area contributed by atoms with Crippen LogP contribution in [0.1, 0.15) is 11.1 Å². The van der Waals surface area contributed by atoms with Gasteiger partial charge >= 0.3 is 0 Å². The summed E-state index contributed by atoms with van der Waals surface area (Å²) in [5, 5.41) is 5.23. The van der Waals surface area contributed by atoms with E-state index in [2.05, 4.69) is 60.7 Å². The molecule has 5 rings (SSSR count). The lowest BCUT2D eigenvalue weighted by Crippen LogP contribution is -2.03. The molecule has 0 unspecified atom stereocenters. The smallest absolute Gasteiger partial charge is 0.0750 e. The Labute approximate surface area is 122 Å². The molecule has 0 N–H and O–H groups in total. The lowest BCUT2D eigenvalue weighted by atomic mass is 9.84. The van der Waals surface area contributed by atoms with Crippen LogP contribution in [0.2, 0.25) is 0 Å². The van der Waals surface area contributed by atoms with E-state index in [1.165, 1.54) is 38.2 Å². The number of hydrogen-bond acceptors (Lipinski definition) is 1. The number of rotatable bonds is 0. The van der Waals surface area contributed by atoms with Gasteiger partial charge in [0, 0.05) is 23.6 Å². The van der Waals surface area contributed by atoms with Gasteiger partial charge in [0.2, 0.25) is 0 Å². The Bertz CT molecular complexity index is 1010. The van der Waals surface area contributed by atoms with Crippen molar-refractivity contribution in [3.05, 3.63) is 78.0 Å². The molecule has 0 saturated carbocycles. The highest BCUT2D eigenvalue weighted by Gasteiger charge is 2.20. The second-order valence-corrected chi connectivity index (χ2v) is 5.67. The lowest BCUT2D eigenvalue weighted by molar-refractivity contribution is 1.17.